The van der Waals surface area contributed by atoms with E-state index < -0.39 is 0 Å². The van der Waals surface area contributed by atoms with Crippen molar-refractivity contribution < 1.29 is 5.11 Å². The fraction of sp³-hybridized carbons (Fsp3) is 1.00. The van der Waals surface area contributed by atoms with Crippen LogP contribution in [0.15, 0.2) is 0 Å². The summed E-state index contributed by atoms with van der Waals surface area (Å²) in [6, 6.07) is 0. The highest BCUT2D eigenvalue weighted by Crippen LogP contribution is 1.82. The molecule has 0 bridgehead atoms. The van der Waals surface area contributed by atoms with Gasteiger partial charge in [-0.2, -0.15) is 0 Å². The van der Waals surface area contributed by atoms with Crippen molar-refractivity contribution in [1.82, 2.24) is 5.32 Å². The zero-order chi connectivity index (χ0) is 6.41. The third kappa shape index (κ3) is 4.09. The molecule has 2 heteroatoms. The van der Waals surface area contributed by atoms with E-state index in [0.717, 1.165) is 19.4 Å². The molecule has 0 aliphatic heterocycles. The lowest BCUT2D eigenvalue weighted by molar-refractivity contribution is 0.133. The number of aliphatic hydroxyl groups is 1. The summed E-state index contributed by atoms with van der Waals surface area (Å²) in [6.45, 7) is 4.94. The maximum atomic E-state index is 8.88. The smallest absolute Gasteiger partial charge is 0.104 e. The van der Waals surface area contributed by atoms with Crippen molar-refractivity contribution in [2.24, 2.45) is 0 Å². The highest BCUT2D eigenvalue weighted by Gasteiger charge is 1.93. The van der Waals surface area contributed by atoms with Gasteiger partial charge in [0.2, 0.25) is 0 Å². The molecule has 0 saturated heterocycles. The monoisotopic (exact) mass is 117 g/mol. The van der Waals surface area contributed by atoms with Crippen LogP contribution in [0.1, 0.15) is 26.7 Å². The minimum absolute atomic E-state index is 0.296. The summed E-state index contributed by atoms with van der Waals surface area (Å²) in [5, 5.41) is 11.8. The SMILES string of the molecule is CCCNC(O)CC. The maximum absolute atomic E-state index is 8.88. The van der Waals surface area contributed by atoms with Crippen molar-refractivity contribution in [3.05, 3.63) is 0 Å². The Morgan fingerprint density at radius 3 is 2.50 bits per heavy atom. The van der Waals surface area contributed by atoms with Crippen LogP contribution in [0.3, 0.4) is 0 Å². The van der Waals surface area contributed by atoms with Crippen LogP contribution >= 0.6 is 0 Å². The third-order valence-corrected chi connectivity index (χ3v) is 1.02. The molecule has 0 aliphatic carbocycles. The zero-order valence-electron chi connectivity index (χ0n) is 5.65. The number of rotatable bonds is 4. The van der Waals surface area contributed by atoms with E-state index in [1.165, 1.54) is 0 Å². The summed E-state index contributed by atoms with van der Waals surface area (Å²) in [4.78, 5) is 0. The van der Waals surface area contributed by atoms with Crippen molar-refractivity contribution in [2.75, 3.05) is 6.54 Å². The molecule has 50 valence electrons. The summed E-state index contributed by atoms with van der Waals surface area (Å²) < 4.78 is 0. The van der Waals surface area contributed by atoms with Crippen LogP contribution in [0.5, 0.6) is 0 Å². The van der Waals surface area contributed by atoms with Gasteiger partial charge in [-0.1, -0.05) is 13.8 Å². The van der Waals surface area contributed by atoms with Gasteiger partial charge in [0, 0.05) is 0 Å². The standard InChI is InChI=1S/C6H15NO/c1-3-5-7-6(8)4-2/h6-8H,3-5H2,1-2H3. The average molecular weight is 117 g/mol. The molecule has 0 aliphatic rings. The van der Waals surface area contributed by atoms with Crippen LogP contribution in [0.4, 0.5) is 0 Å². The van der Waals surface area contributed by atoms with Crippen LogP contribution < -0.4 is 5.32 Å². The molecule has 1 atom stereocenters. The fourth-order valence-corrected chi connectivity index (χ4v) is 0.455. The van der Waals surface area contributed by atoms with Gasteiger partial charge in [-0.15, -0.1) is 0 Å². The molecule has 0 aromatic heterocycles. The Hall–Kier alpha value is -0.0800. The Kier molecular flexibility index (Phi) is 5.01. The van der Waals surface area contributed by atoms with Gasteiger partial charge >= 0.3 is 0 Å². The predicted octanol–water partition coefficient (Wildman–Crippen LogP) is 0.714. The third-order valence-electron chi connectivity index (χ3n) is 1.02. The average Bonchev–Trinajstić information content (AvgIpc) is 1.83. The molecule has 0 radical (unpaired) electrons. The van der Waals surface area contributed by atoms with E-state index in [2.05, 4.69) is 12.2 Å². The highest BCUT2D eigenvalue weighted by atomic mass is 16.3. The van der Waals surface area contributed by atoms with Crippen molar-refractivity contribution in [3.63, 3.8) is 0 Å². The molecular formula is C6H15NO. The van der Waals surface area contributed by atoms with Gasteiger partial charge in [0.1, 0.15) is 6.23 Å². The van der Waals surface area contributed by atoms with E-state index in [-0.39, 0.29) is 6.23 Å². The summed E-state index contributed by atoms with van der Waals surface area (Å²) in [6.07, 6.45) is 1.58. The molecule has 8 heavy (non-hydrogen) atoms. The van der Waals surface area contributed by atoms with Crippen molar-refractivity contribution in [1.29, 1.82) is 0 Å². The summed E-state index contributed by atoms with van der Waals surface area (Å²) >= 11 is 0. The van der Waals surface area contributed by atoms with Crippen LogP contribution in [0, 0.1) is 0 Å². The Morgan fingerprint density at radius 2 is 2.12 bits per heavy atom. The van der Waals surface area contributed by atoms with Gasteiger partial charge in [0.15, 0.2) is 0 Å². The van der Waals surface area contributed by atoms with Crippen LogP contribution in [-0.2, 0) is 0 Å². The fourth-order valence-electron chi connectivity index (χ4n) is 0.455. The normalized spacial score (nSPS) is 13.9. The highest BCUT2D eigenvalue weighted by molar-refractivity contribution is 4.47. The molecular weight excluding hydrogens is 102 g/mol. The van der Waals surface area contributed by atoms with Gasteiger partial charge in [-0.3, -0.25) is 5.32 Å². The minimum Gasteiger partial charge on any atom is -0.379 e. The van der Waals surface area contributed by atoms with E-state index in [1.807, 2.05) is 6.92 Å². The van der Waals surface area contributed by atoms with E-state index >= 15 is 0 Å². The number of hydrogen-bond donors (Lipinski definition) is 2. The molecule has 2 nitrogen and oxygen atoms in total. The van der Waals surface area contributed by atoms with Crippen LogP contribution in [0.2, 0.25) is 0 Å². The van der Waals surface area contributed by atoms with Gasteiger partial charge in [0.25, 0.3) is 0 Å². The van der Waals surface area contributed by atoms with E-state index in [0.29, 0.717) is 0 Å². The molecule has 2 N–H and O–H groups in total. The lowest BCUT2D eigenvalue weighted by Gasteiger charge is -2.07. The number of hydrogen-bond acceptors (Lipinski definition) is 2. The van der Waals surface area contributed by atoms with Crippen molar-refractivity contribution >= 4 is 0 Å². The number of nitrogens with one attached hydrogen (secondary N) is 1. The Morgan fingerprint density at radius 1 is 1.50 bits per heavy atom. The van der Waals surface area contributed by atoms with Crippen molar-refractivity contribution in [3.8, 4) is 0 Å². The summed E-state index contributed by atoms with van der Waals surface area (Å²) in [7, 11) is 0. The Bertz CT molecular complexity index is 47.8. The second-order valence-corrected chi connectivity index (χ2v) is 1.88. The van der Waals surface area contributed by atoms with Crippen molar-refractivity contribution in [2.45, 2.75) is 32.9 Å². The summed E-state index contributed by atoms with van der Waals surface area (Å²) in [5.41, 5.74) is 0. The molecule has 0 aromatic carbocycles. The van der Waals surface area contributed by atoms with Crippen LogP contribution in [-0.4, -0.2) is 17.9 Å². The lowest BCUT2D eigenvalue weighted by Crippen LogP contribution is -2.28. The second kappa shape index (κ2) is 5.06. The van der Waals surface area contributed by atoms with E-state index in [4.69, 9.17) is 5.11 Å². The van der Waals surface area contributed by atoms with Gasteiger partial charge in [0.05, 0.1) is 0 Å². The summed E-state index contributed by atoms with van der Waals surface area (Å²) in [5.74, 6) is 0. The molecule has 0 aromatic rings. The van der Waals surface area contributed by atoms with Crippen LogP contribution in [0.25, 0.3) is 0 Å². The minimum atomic E-state index is -0.296. The van der Waals surface area contributed by atoms with E-state index in [9.17, 15) is 0 Å². The first-order chi connectivity index (χ1) is 3.81. The molecule has 0 heterocycles. The molecule has 0 saturated carbocycles. The Labute approximate surface area is 50.9 Å². The molecule has 0 rings (SSSR count). The molecule has 1 unspecified atom stereocenters. The number of aliphatic hydroxyl groups excluding tert-OH is 1. The molecule has 0 fully saturated rings. The van der Waals surface area contributed by atoms with Gasteiger partial charge < -0.3 is 5.11 Å². The predicted molar refractivity (Wildman–Crippen MR) is 34.6 cm³/mol. The largest absolute Gasteiger partial charge is 0.379 e. The van der Waals surface area contributed by atoms with E-state index in [1.54, 1.807) is 0 Å². The lowest BCUT2D eigenvalue weighted by atomic mass is 10.4. The first-order valence-electron chi connectivity index (χ1n) is 3.22. The Balaban J connectivity index is 2.86. The zero-order valence-corrected chi connectivity index (χ0v) is 5.65. The maximum Gasteiger partial charge on any atom is 0.104 e. The first kappa shape index (κ1) is 7.92. The molecule has 0 amide bonds. The van der Waals surface area contributed by atoms with Gasteiger partial charge in [-0.05, 0) is 19.4 Å². The topological polar surface area (TPSA) is 32.3 Å². The quantitative estimate of drug-likeness (QED) is 0.532. The first-order valence-corrected chi connectivity index (χ1v) is 3.22. The second-order valence-electron chi connectivity index (χ2n) is 1.88. The molecule has 0 spiro atoms. The van der Waals surface area contributed by atoms with Gasteiger partial charge in [-0.25, -0.2) is 0 Å².